The summed E-state index contributed by atoms with van der Waals surface area (Å²) in [5.41, 5.74) is 5.24. The van der Waals surface area contributed by atoms with Gasteiger partial charge >= 0.3 is 6.18 Å². The molecular weight excluding hydrogens is 367 g/mol. The second kappa shape index (κ2) is 9.64. The predicted octanol–water partition coefficient (Wildman–Crippen LogP) is 4.53. The van der Waals surface area contributed by atoms with Gasteiger partial charge in [-0.15, -0.1) is 0 Å². The molecule has 0 spiro atoms. The van der Waals surface area contributed by atoms with Crippen molar-refractivity contribution in [3.8, 4) is 0 Å². The van der Waals surface area contributed by atoms with E-state index in [4.69, 9.17) is 11.1 Å². The quantitative estimate of drug-likeness (QED) is 0.431. The minimum atomic E-state index is -4.67. The van der Waals surface area contributed by atoms with Gasteiger partial charge in [0, 0.05) is 23.5 Å². The lowest BCUT2D eigenvalue weighted by atomic mass is 10.0. The fourth-order valence-electron chi connectivity index (χ4n) is 3.00. The van der Waals surface area contributed by atoms with Gasteiger partial charge in [-0.3, -0.25) is 0 Å². The molecule has 8 heteroatoms. The molecular formula is C20H26F3N5. The minimum absolute atomic E-state index is 0.00297. The van der Waals surface area contributed by atoms with E-state index >= 15 is 0 Å². The first-order valence-corrected chi connectivity index (χ1v) is 9.30. The largest absolute Gasteiger partial charge is 0.435 e. The van der Waals surface area contributed by atoms with Crippen LogP contribution in [0.1, 0.15) is 50.9 Å². The first-order chi connectivity index (χ1) is 13.3. The number of halogens is 3. The van der Waals surface area contributed by atoms with Crippen molar-refractivity contribution in [2.45, 2.75) is 45.7 Å². The van der Waals surface area contributed by atoms with E-state index in [1.54, 1.807) is 25.1 Å². The van der Waals surface area contributed by atoms with Crippen LogP contribution in [0.3, 0.4) is 0 Å². The molecule has 28 heavy (non-hydrogen) atoms. The van der Waals surface area contributed by atoms with Gasteiger partial charge in [0.05, 0.1) is 11.0 Å². The fraction of sp³-hybridized carbons (Fsp3) is 0.450. The minimum Gasteiger partial charge on any atom is -0.388 e. The SMILES string of the molecule is CC(=N)/C(=C(/C)NCCCCCCN)c1nc2ccccc2nc1C(F)(F)F. The summed E-state index contributed by atoms with van der Waals surface area (Å²) in [5.74, 6) is 0. The number of para-hydroxylation sites is 2. The third-order valence-corrected chi connectivity index (χ3v) is 4.35. The standard InChI is InChI=1S/C20H26F3N5/c1-13(25)17(14(2)26-12-8-4-3-7-11-24)18-19(20(21,22)23)28-16-10-6-5-9-15(16)27-18/h5-6,9-10,25-26H,3-4,7-8,11-12,24H2,1-2H3/b17-14+,25-13?. The Hall–Kier alpha value is -2.48. The number of nitrogens with zero attached hydrogens (tertiary/aromatic N) is 2. The highest BCUT2D eigenvalue weighted by molar-refractivity contribution is 6.21. The van der Waals surface area contributed by atoms with E-state index in [9.17, 15) is 13.2 Å². The zero-order valence-corrected chi connectivity index (χ0v) is 16.2. The van der Waals surface area contributed by atoms with Crippen molar-refractivity contribution in [3.63, 3.8) is 0 Å². The normalized spacial score (nSPS) is 12.8. The van der Waals surface area contributed by atoms with Crippen molar-refractivity contribution in [3.05, 3.63) is 41.4 Å². The van der Waals surface area contributed by atoms with Crippen LogP contribution in [-0.4, -0.2) is 28.8 Å². The maximum Gasteiger partial charge on any atom is 0.435 e. The lowest BCUT2D eigenvalue weighted by Crippen LogP contribution is -2.20. The predicted molar refractivity (Wildman–Crippen MR) is 106 cm³/mol. The van der Waals surface area contributed by atoms with E-state index in [2.05, 4.69) is 15.3 Å². The Labute approximate surface area is 162 Å². The van der Waals surface area contributed by atoms with Crippen molar-refractivity contribution in [2.24, 2.45) is 5.73 Å². The van der Waals surface area contributed by atoms with Gasteiger partial charge in [0.2, 0.25) is 0 Å². The van der Waals surface area contributed by atoms with E-state index in [-0.39, 0.29) is 22.5 Å². The molecule has 0 aliphatic carbocycles. The molecule has 2 aromatic rings. The number of alkyl halides is 3. The molecule has 0 aliphatic rings. The van der Waals surface area contributed by atoms with Crippen LogP contribution in [0.5, 0.6) is 0 Å². The highest BCUT2D eigenvalue weighted by Crippen LogP contribution is 2.35. The van der Waals surface area contributed by atoms with E-state index in [0.29, 0.717) is 24.3 Å². The van der Waals surface area contributed by atoms with Crippen molar-refractivity contribution >= 4 is 22.3 Å². The first kappa shape index (κ1) is 21.8. The van der Waals surface area contributed by atoms with Crippen molar-refractivity contribution in [1.82, 2.24) is 15.3 Å². The summed E-state index contributed by atoms with van der Waals surface area (Å²) in [6.45, 7) is 4.39. The lowest BCUT2D eigenvalue weighted by Gasteiger charge is -2.17. The average Bonchev–Trinajstić information content (AvgIpc) is 2.63. The summed E-state index contributed by atoms with van der Waals surface area (Å²) >= 11 is 0. The highest BCUT2D eigenvalue weighted by atomic mass is 19.4. The van der Waals surface area contributed by atoms with E-state index in [1.165, 1.54) is 13.0 Å². The summed E-state index contributed by atoms with van der Waals surface area (Å²) in [7, 11) is 0. The number of hydrogen-bond acceptors (Lipinski definition) is 5. The van der Waals surface area contributed by atoms with Crippen LogP contribution in [0.4, 0.5) is 13.2 Å². The smallest absolute Gasteiger partial charge is 0.388 e. The number of aromatic nitrogens is 2. The van der Waals surface area contributed by atoms with Gasteiger partial charge in [-0.05, 0) is 45.4 Å². The molecule has 1 heterocycles. The van der Waals surface area contributed by atoms with Crippen LogP contribution >= 0.6 is 0 Å². The number of nitrogens with two attached hydrogens (primary N) is 1. The van der Waals surface area contributed by atoms with Gasteiger partial charge in [0.25, 0.3) is 0 Å². The second-order valence-corrected chi connectivity index (χ2v) is 6.66. The Morgan fingerprint density at radius 2 is 1.64 bits per heavy atom. The Bertz CT molecular complexity index is 859. The molecule has 0 radical (unpaired) electrons. The first-order valence-electron chi connectivity index (χ1n) is 9.30. The monoisotopic (exact) mass is 393 g/mol. The molecule has 2 rings (SSSR count). The lowest BCUT2D eigenvalue weighted by molar-refractivity contribution is -0.141. The molecule has 0 aliphatic heterocycles. The van der Waals surface area contributed by atoms with Gasteiger partial charge < -0.3 is 16.5 Å². The number of rotatable bonds is 9. The van der Waals surface area contributed by atoms with Gasteiger partial charge in [0.15, 0.2) is 5.69 Å². The van der Waals surface area contributed by atoms with Gasteiger partial charge in [-0.2, -0.15) is 13.2 Å². The molecule has 0 unspecified atom stereocenters. The zero-order chi connectivity index (χ0) is 20.7. The average molecular weight is 393 g/mol. The fourth-order valence-corrected chi connectivity index (χ4v) is 3.00. The molecule has 1 aromatic heterocycles. The number of hydrogen-bond donors (Lipinski definition) is 3. The Morgan fingerprint density at radius 3 is 2.21 bits per heavy atom. The molecule has 4 N–H and O–H groups in total. The number of nitrogens with one attached hydrogen (secondary N) is 2. The van der Waals surface area contributed by atoms with Crippen LogP contribution in [0, 0.1) is 5.41 Å². The van der Waals surface area contributed by atoms with Crippen molar-refractivity contribution < 1.29 is 13.2 Å². The Balaban J connectivity index is 2.41. The summed E-state index contributed by atoms with van der Waals surface area (Å²) in [6.07, 6.45) is -0.834. The van der Waals surface area contributed by atoms with Gasteiger partial charge in [-0.1, -0.05) is 25.0 Å². The topological polar surface area (TPSA) is 87.7 Å². The summed E-state index contributed by atoms with van der Waals surface area (Å²) in [6, 6.07) is 6.42. The van der Waals surface area contributed by atoms with Crippen molar-refractivity contribution in [2.75, 3.05) is 13.1 Å². The number of unbranched alkanes of at least 4 members (excludes halogenated alkanes) is 3. The molecule has 0 fully saturated rings. The Kier molecular flexibility index (Phi) is 7.51. The van der Waals surface area contributed by atoms with E-state index < -0.39 is 11.9 Å². The van der Waals surface area contributed by atoms with Crippen LogP contribution in [-0.2, 0) is 6.18 Å². The van der Waals surface area contributed by atoms with Gasteiger partial charge in [0.1, 0.15) is 5.69 Å². The summed E-state index contributed by atoms with van der Waals surface area (Å²) in [4.78, 5) is 8.02. The third kappa shape index (κ3) is 5.51. The number of fused-ring (bicyclic) bond motifs is 1. The molecule has 0 bridgehead atoms. The van der Waals surface area contributed by atoms with E-state index in [1.807, 2.05) is 0 Å². The molecule has 1 aromatic carbocycles. The van der Waals surface area contributed by atoms with Crippen molar-refractivity contribution in [1.29, 1.82) is 5.41 Å². The highest BCUT2D eigenvalue weighted by Gasteiger charge is 2.38. The second-order valence-electron chi connectivity index (χ2n) is 6.66. The van der Waals surface area contributed by atoms with Gasteiger partial charge in [-0.25, -0.2) is 9.97 Å². The molecule has 0 saturated carbocycles. The van der Waals surface area contributed by atoms with Crippen LogP contribution < -0.4 is 11.1 Å². The van der Waals surface area contributed by atoms with Crippen LogP contribution in [0.15, 0.2) is 30.0 Å². The maximum absolute atomic E-state index is 13.7. The summed E-state index contributed by atoms with van der Waals surface area (Å²) < 4.78 is 41.0. The number of allylic oxidation sites excluding steroid dienone is 2. The molecule has 0 amide bonds. The van der Waals surface area contributed by atoms with Crippen LogP contribution in [0.25, 0.3) is 16.6 Å². The molecule has 0 atom stereocenters. The molecule has 152 valence electrons. The molecule has 5 nitrogen and oxygen atoms in total. The summed E-state index contributed by atoms with van der Waals surface area (Å²) in [5, 5.41) is 11.2. The third-order valence-electron chi connectivity index (χ3n) is 4.35. The van der Waals surface area contributed by atoms with E-state index in [0.717, 1.165) is 25.7 Å². The Morgan fingerprint density at radius 1 is 1.04 bits per heavy atom. The number of benzene rings is 1. The maximum atomic E-state index is 13.7. The molecule has 0 saturated heterocycles. The van der Waals surface area contributed by atoms with Crippen LogP contribution in [0.2, 0.25) is 0 Å². The zero-order valence-electron chi connectivity index (χ0n) is 16.2.